The van der Waals surface area contributed by atoms with Crippen molar-refractivity contribution in [1.29, 1.82) is 0 Å². The summed E-state index contributed by atoms with van der Waals surface area (Å²) in [6.45, 7) is 9.17. The molecule has 1 aromatic carbocycles. The fourth-order valence-corrected chi connectivity index (χ4v) is 3.92. The van der Waals surface area contributed by atoms with Crippen molar-refractivity contribution in [3.63, 3.8) is 0 Å². The summed E-state index contributed by atoms with van der Waals surface area (Å²) in [4.78, 5) is 4.81. The largest absolute Gasteiger partial charge is 0.381 e. The molecule has 2 aliphatic rings. The van der Waals surface area contributed by atoms with Crippen LogP contribution in [0.15, 0.2) is 35.3 Å². The van der Waals surface area contributed by atoms with E-state index in [0.717, 1.165) is 64.6 Å². The molecule has 2 saturated heterocycles. The third-order valence-corrected chi connectivity index (χ3v) is 5.65. The van der Waals surface area contributed by atoms with Crippen LogP contribution in [0.5, 0.6) is 0 Å². The van der Waals surface area contributed by atoms with Crippen LogP contribution in [0.3, 0.4) is 0 Å². The lowest BCUT2D eigenvalue weighted by Gasteiger charge is -2.38. The number of ether oxygens (including phenoxy) is 2. The predicted octanol–water partition coefficient (Wildman–Crippen LogP) is 3.48. The lowest BCUT2D eigenvalue weighted by atomic mass is 9.74. The lowest BCUT2D eigenvalue weighted by Crippen LogP contribution is -2.48. The fourth-order valence-electron chi connectivity index (χ4n) is 3.92. The minimum atomic E-state index is -0.113. The summed E-state index contributed by atoms with van der Waals surface area (Å²) in [5.74, 6) is 0.881. The number of rotatable bonds is 6. The van der Waals surface area contributed by atoms with Crippen molar-refractivity contribution in [3.8, 4) is 0 Å². The van der Waals surface area contributed by atoms with Crippen molar-refractivity contribution in [2.24, 2.45) is 4.99 Å². The highest BCUT2D eigenvalue weighted by Crippen LogP contribution is 2.34. The summed E-state index contributed by atoms with van der Waals surface area (Å²) in [6, 6.07) is 10.8. The Hall–Kier alpha value is -0.860. The number of guanidine groups is 1. The smallest absolute Gasteiger partial charge is 0.191 e. The van der Waals surface area contributed by atoms with Gasteiger partial charge in [-0.3, -0.25) is 4.99 Å². The van der Waals surface area contributed by atoms with E-state index < -0.39 is 0 Å². The summed E-state index contributed by atoms with van der Waals surface area (Å²) in [5, 5.41) is 6.98. The van der Waals surface area contributed by atoms with E-state index in [1.807, 2.05) is 0 Å². The highest BCUT2D eigenvalue weighted by atomic mass is 127. The van der Waals surface area contributed by atoms with Gasteiger partial charge in [0.1, 0.15) is 0 Å². The van der Waals surface area contributed by atoms with Gasteiger partial charge in [-0.05, 0) is 45.1 Å². The molecule has 27 heavy (non-hydrogen) atoms. The van der Waals surface area contributed by atoms with Gasteiger partial charge in [-0.1, -0.05) is 30.3 Å². The maximum absolute atomic E-state index is 5.87. The van der Waals surface area contributed by atoms with E-state index in [1.54, 1.807) is 0 Å². The molecule has 0 spiro atoms. The summed E-state index contributed by atoms with van der Waals surface area (Å²) in [7, 11) is 0. The molecule has 1 atom stereocenters. The first kappa shape index (κ1) is 22.4. The van der Waals surface area contributed by atoms with Crippen molar-refractivity contribution >= 4 is 29.9 Å². The molecule has 0 aromatic heterocycles. The topological polar surface area (TPSA) is 54.9 Å². The summed E-state index contributed by atoms with van der Waals surface area (Å²) in [5.41, 5.74) is 1.37. The second-order valence-corrected chi connectivity index (χ2v) is 7.71. The Morgan fingerprint density at radius 1 is 1.07 bits per heavy atom. The van der Waals surface area contributed by atoms with Crippen molar-refractivity contribution in [2.75, 3.05) is 39.5 Å². The number of nitrogens with one attached hydrogen (secondary N) is 2. The van der Waals surface area contributed by atoms with Crippen LogP contribution in [0.25, 0.3) is 0 Å². The Bertz CT molecular complexity index is 582. The first-order valence-electron chi connectivity index (χ1n) is 9.95. The van der Waals surface area contributed by atoms with Gasteiger partial charge in [-0.15, -0.1) is 24.0 Å². The Labute approximate surface area is 180 Å². The van der Waals surface area contributed by atoms with Gasteiger partial charge < -0.3 is 20.1 Å². The van der Waals surface area contributed by atoms with Crippen LogP contribution >= 0.6 is 24.0 Å². The van der Waals surface area contributed by atoms with Crippen LogP contribution in [-0.4, -0.2) is 51.0 Å². The molecule has 2 fully saturated rings. The molecule has 6 heteroatoms. The van der Waals surface area contributed by atoms with Gasteiger partial charge in [-0.2, -0.15) is 0 Å². The van der Waals surface area contributed by atoms with Crippen LogP contribution < -0.4 is 10.6 Å². The zero-order valence-corrected chi connectivity index (χ0v) is 19.0. The van der Waals surface area contributed by atoms with E-state index in [-0.39, 0.29) is 35.0 Å². The minimum absolute atomic E-state index is 0. The van der Waals surface area contributed by atoms with Gasteiger partial charge in [0.05, 0.1) is 12.1 Å². The number of nitrogens with zero attached hydrogens (tertiary/aromatic N) is 1. The number of hydrogen-bond acceptors (Lipinski definition) is 3. The van der Waals surface area contributed by atoms with Crippen LogP contribution in [-0.2, 0) is 14.9 Å². The minimum Gasteiger partial charge on any atom is -0.381 e. The molecule has 0 amide bonds. The maximum Gasteiger partial charge on any atom is 0.191 e. The molecule has 1 aromatic rings. The van der Waals surface area contributed by atoms with Crippen LogP contribution in [0, 0.1) is 0 Å². The summed E-state index contributed by atoms with van der Waals surface area (Å²) >= 11 is 0. The number of benzene rings is 1. The average Bonchev–Trinajstić information content (AvgIpc) is 3.12. The fraction of sp³-hybridized carbons (Fsp3) is 0.667. The van der Waals surface area contributed by atoms with E-state index in [2.05, 4.69) is 54.8 Å². The average molecular weight is 487 g/mol. The molecular formula is C21H34IN3O2. The molecule has 0 aliphatic carbocycles. The normalized spacial score (nSPS) is 24.9. The zero-order valence-electron chi connectivity index (χ0n) is 16.6. The van der Waals surface area contributed by atoms with Crippen LogP contribution in [0.1, 0.15) is 45.1 Å². The molecule has 5 nitrogen and oxygen atoms in total. The third kappa shape index (κ3) is 6.06. The molecule has 0 radical (unpaired) electrons. The zero-order chi connectivity index (χ0) is 18.3. The second-order valence-electron chi connectivity index (χ2n) is 7.71. The van der Waals surface area contributed by atoms with E-state index in [0.29, 0.717) is 6.54 Å². The number of hydrogen-bond donors (Lipinski definition) is 2. The van der Waals surface area contributed by atoms with Gasteiger partial charge in [0.15, 0.2) is 5.96 Å². The Balaban J connectivity index is 0.00000261. The molecule has 2 aliphatic heterocycles. The molecule has 2 heterocycles. The van der Waals surface area contributed by atoms with Gasteiger partial charge in [0.25, 0.3) is 0 Å². The van der Waals surface area contributed by atoms with Gasteiger partial charge in [-0.25, -0.2) is 0 Å². The number of halogens is 1. The van der Waals surface area contributed by atoms with Crippen molar-refractivity contribution in [1.82, 2.24) is 10.6 Å². The Kier molecular flexibility index (Phi) is 8.82. The van der Waals surface area contributed by atoms with Crippen LogP contribution in [0.2, 0.25) is 0 Å². The highest BCUT2D eigenvalue weighted by molar-refractivity contribution is 14.0. The highest BCUT2D eigenvalue weighted by Gasteiger charge is 2.35. The summed E-state index contributed by atoms with van der Waals surface area (Å²) < 4.78 is 11.5. The Morgan fingerprint density at radius 3 is 2.44 bits per heavy atom. The summed E-state index contributed by atoms with van der Waals surface area (Å²) in [6.07, 6.45) is 4.28. The van der Waals surface area contributed by atoms with Crippen molar-refractivity contribution in [3.05, 3.63) is 35.9 Å². The third-order valence-electron chi connectivity index (χ3n) is 5.65. The molecule has 3 rings (SSSR count). The first-order chi connectivity index (χ1) is 12.7. The second kappa shape index (κ2) is 10.6. The van der Waals surface area contributed by atoms with E-state index in [1.165, 1.54) is 5.56 Å². The molecule has 152 valence electrons. The first-order valence-corrected chi connectivity index (χ1v) is 9.95. The van der Waals surface area contributed by atoms with Crippen molar-refractivity contribution < 1.29 is 9.47 Å². The molecule has 1 unspecified atom stereocenters. The van der Waals surface area contributed by atoms with E-state index >= 15 is 0 Å². The Morgan fingerprint density at radius 2 is 1.81 bits per heavy atom. The van der Waals surface area contributed by atoms with Gasteiger partial charge >= 0.3 is 0 Å². The lowest BCUT2D eigenvalue weighted by molar-refractivity contribution is 0.0283. The van der Waals surface area contributed by atoms with Crippen LogP contribution in [0.4, 0.5) is 0 Å². The van der Waals surface area contributed by atoms with Gasteiger partial charge in [0.2, 0.25) is 0 Å². The quantitative estimate of drug-likeness (QED) is 0.367. The number of aliphatic imine (C=N–C) groups is 1. The molecule has 2 N–H and O–H groups in total. The van der Waals surface area contributed by atoms with E-state index in [9.17, 15) is 0 Å². The van der Waals surface area contributed by atoms with Crippen molar-refractivity contribution in [2.45, 2.75) is 50.5 Å². The monoisotopic (exact) mass is 487 g/mol. The SMILES string of the molecule is CCNC(=NCC1(C)CCCO1)NCC1(c2ccccc2)CCOCC1.I. The molecular weight excluding hydrogens is 453 g/mol. The van der Waals surface area contributed by atoms with E-state index in [4.69, 9.17) is 14.5 Å². The predicted molar refractivity (Wildman–Crippen MR) is 121 cm³/mol. The standard InChI is InChI=1S/C21H33N3O2.HI/c1-3-22-19(23-16-20(2)10-7-13-26-20)24-17-21(11-14-25-15-12-21)18-8-5-4-6-9-18;/h4-6,8-9H,3,7,10-17H2,1-2H3,(H2,22,23,24);1H. The van der Waals surface area contributed by atoms with Gasteiger partial charge in [0, 0.05) is 38.3 Å². The molecule has 0 bridgehead atoms. The maximum atomic E-state index is 5.87. The molecule has 0 saturated carbocycles.